The van der Waals surface area contributed by atoms with Gasteiger partial charge in [0.1, 0.15) is 0 Å². The molecule has 1 unspecified atom stereocenters. The van der Waals surface area contributed by atoms with Gasteiger partial charge in [0.2, 0.25) is 0 Å². The maximum absolute atomic E-state index is 10.7. The minimum atomic E-state index is -0.907. The van der Waals surface area contributed by atoms with Crippen LogP contribution in [-0.2, 0) is 10.8 Å². The van der Waals surface area contributed by atoms with E-state index < -0.39 is 10.8 Å². The average Bonchev–Trinajstić information content (AvgIpc) is 1.63. The molecule has 0 saturated heterocycles. The summed E-state index contributed by atoms with van der Waals surface area (Å²) in [7, 11) is -0.907. The molecule has 0 aliphatic heterocycles. The molecule has 0 bridgehead atoms. The number of rotatable bonds is 4. The fourth-order valence-electron chi connectivity index (χ4n) is 0.378. The molecular formula is C5H10ClNOS. The number of hydrogen-bond acceptors (Lipinski definition) is 2. The van der Waals surface area contributed by atoms with Gasteiger partial charge in [0.15, 0.2) is 0 Å². The van der Waals surface area contributed by atoms with Crippen LogP contribution in [-0.4, -0.2) is 22.3 Å². The molecule has 0 aromatic rings. The monoisotopic (exact) mass is 167 g/mol. The van der Waals surface area contributed by atoms with Gasteiger partial charge in [-0.3, -0.25) is 4.21 Å². The summed E-state index contributed by atoms with van der Waals surface area (Å²) in [5.41, 5.74) is 5.14. The van der Waals surface area contributed by atoms with E-state index in [9.17, 15) is 4.21 Å². The van der Waals surface area contributed by atoms with Crippen molar-refractivity contribution in [2.45, 2.75) is 0 Å². The SMILES string of the molecule is C=C(Cl)CS(=O)CCN. The van der Waals surface area contributed by atoms with Crippen LogP contribution in [0.3, 0.4) is 0 Å². The third-order valence-corrected chi connectivity index (χ3v) is 2.32. The zero-order valence-electron chi connectivity index (χ0n) is 5.10. The molecule has 54 valence electrons. The van der Waals surface area contributed by atoms with Crippen molar-refractivity contribution in [2.75, 3.05) is 18.1 Å². The first-order valence-electron chi connectivity index (χ1n) is 2.55. The topological polar surface area (TPSA) is 43.1 Å². The first-order valence-corrected chi connectivity index (χ1v) is 4.41. The molecule has 2 nitrogen and oxygen atoms in total. The van der Waals surface area contributed by atoms with Gasteiger partial charge in [-0.05, 0) is 0 Å². The van der Waals surface area contributed by atoms with E-state index in [0.29, 0.717) is 23.1 Å². The summed E-state index contributed by atoms with van der Waals surface area (Å²) < 4.78 is 10.7. The Bertz CT molecular complexity index is 126. The van der Waals surface area contributed by atoms with E-state index in [-0.39, 0.29) is 0 Å². The lowest BCUT2D eigenvalue weighted by Gasteiger charge is -1.95. The molecule has 0 fully saturated rings. The van der Waals surface area contributed by atoms with Crippen molar-refractivity contribution < 1.29 is 4.21 Å². The standard InChI is InChI=1S/C5H10ClNOS/c1-5(6)4-9(8)3-2-7/h1-4,7H2. The highest BCUT2D eigenvalue weighted by molar-refractivity contribution is 7.85. The molecule has 0 saturated carbocycles. The van der Waals surface area contributed by atoms with E-state index in [1.54, 1.807) is 0 Å². The molecule has 9 heavy (non-hydrogen) atoms. The van der Waals surface area contributed by atoms with Crippen molar-refractivity contribution in [3.8, 4) is 0 Å². The summed E-state index contributed by atoms with van der Waals surface area (Å²) in [4.78, 5) is 0. The quantitative estimate of drug-likeness (QED) is 0.661. The molecule has 0 aliphatic carbocycles. The van der Waals surface area contributed by atoms with Crippen molar-refractivity contribution in [1.29, 1.82) is 0 Å². The van der Waals surface area contributed by atoms with Crippen molar-refractivity contribution in [1.82, 2.24) is 0 Å². The van der Waals surface area contributed by atoms with Crippen LogP contribution in [0.5, 0.6) is 0 Å². The van der Waals surface area contributed by atoms with Crippen LogP contribution in [0.2, 0.25) is 0 Å². The Morgan fingerprint density at radius 1 is 1.78 bits per heavy atom. The molecule has 1 atom stereocenters. The third-order valence-electron chi connectivity index (χ3n) is 0.663. The molecule has 0 aliphatic rings. The van der Waals surface area contributed by atoms with Crippen LogP contribution < -0.4 is 5.73 Å². The van der Waals surface area contributed by atoms with Gasteiger partial charge in [0.05, 0.1) is 5.75 Å². The second-order valence-corrected chi connectivity index (χ2v) is 3.71. The Morgan fingerprint density at radius 2 is 2.33 bits per heavy atom. The Labute approximate surface area is 62.5 Å². The van der Waals surface area contributed by atoms with Gasteiger partial charge in [-0.2, -0.15) is 0 Å². The van der Waals surface area contributed by atoms with E-state index in [2.05, 4.69) is 6.58 Å². The van der Waals surface area contributed by atoms with Gasteiger partial charge in [-0.15, -0.1) is 0 Å². The van der Waals surface area contributed by atoms with Crippen molar-refractivity contribution in [2.24, 2.45) is 5.73 Å². The highest BCUT2D eigenvalue weighted by Crippen LogP contribution is 1.98. The molecule has 2 N–H and O–H groups in total. The Balaban J connectivity index is 3.39. The summed E-state index contributed by atoms with van der Waals surface area (Å²) in [5.74, 6) is 0.866. The average molecular weight is 168 g/mol. The first kappa shape index (κ1) is 9.14. The summed E-state index contributed by atoms with van der Waals surface area (Å²) in [5, 5.41) is 0.432. The normalized spacial score (nSPS) is 13.1. The van der Waals surface area contributed by atoms with E-state index in [1.165, 1.54) is 0 Å². The van der Waals surface area contributed by atoms with Crippen molar-refractivity contribution in [3.63, 3.8) is 0 Å². The second-order valence-electron chi connectivity index (χ2n) is 1.59. The predicted octanol–water partition coefficient (Wildman–Crippen LogP) is 0.446. The number of halogens is 1. The van der Waals surface area contributed by atoms with E-state index in [4.69, 9.17) is 17.3 Å². The van der Waals surface area contributed by atoms with E-state index >= 15 is 0 Å². The minimum Gasteiger partial charge on any atom is -0.330 e. The van der Waals surface area contributed by atoms with Crippen molar-refractivity contribution in [3.05, 3.63) is 11.6 Å². The molecule has 0 rings (SSSR count). The maximum Gasteiger partial charge on any atom is 0.0587 e. The Morgan fingerprint density at radius 3 is 2.67 bits per heavy atom. The van der Waals surface area contributed by atoms with E-state index in [0.717, 1.165) is 0 Å². The molecule has 0 radical (unpaired) electrons. The first-order chi connectivity index (χ1) is 4.16. The molecule has 0 spiro atoms. The van der Waals surface area contributed by atoms with Gasteiger partial charge in [0, 0.05) is 28.1 Å². The van der Waals surface area contributed by atoms with Crippen molar-refractivity contribution >= 4 is 22.4 Å². The lowest BCUT2D eigenvalue weighted by molar-refractivity contribution is 0.684. The van der Waals surface area contributed by atoms with Crippen LogP contribution in [0.1, 0.15) is 0 Å². The van der Waals surface area contributed by atoms with Gasteiger partial charge in [-0.1, -0.05) is 18.2 Å². The molecule has 0 amide bonds. The predicted molar refractivity (Wildman–Crippen MR) is 41.9 cm³/mol. The highest BCUT2D eigenvalue weighted by atomic mass is 35.5. The molecule has 0 aromatic carbocycles. The fourth-order valence-corrected chi connectivity index (χ4v) is 1.50. The summed E-state index contributed by atoms with van der Waals surface area (Å²) >= 11 is 5.38. The summed E-state index contributed by atoms with van der Waals surface area (Å²) in [6, 6.07) is 0. The van der Waals surface area contributed by atoms with Gasteiger partial charge in [-0.25, -0.2) is 0 Å². The molecule has 4 heteroatoms. The number of hydrogen-bond donors (Lipinski definition) is 1. The highest BCUT2D eigenvalue weighted by Gasteiger charge is 1.97. The molecular weight excluding hydrogens is 158 g/mol. The maximum atomic E-state index is 10.7. The summed E-state index contributed by atoms with van der Waals surface area (Å²) in [6.07, 6.45) is 0. The van der Waals surface area contributed by atoms with Gasteiger partial charge >= 0.3 is 0 Å². The van der Waals surface area contributed by atoms with Crippen LogP contribution in [0, 0.1) is 0 Å². The third kappa shape index (κ3) is 6.02. The summed E-state index contributed by atoms with van der Waals surface area (Å²) in [6.45, 7) is 3.85. The van der Waals surface area contributed by atoms with E-state index in [1.807, 2.05) is 0 Å². The fraction of sp³-hybridized carbons (Fsp3) is 0.600. The molecule has 0 aromatic heterocycles. The van der Waals surface area contributed by atoms with Crippen LogP contribution >= 0.6 is 11.6 Å². The second kappa shape index (κ2) is 4.97. The zero-order chi connectivity index (χ0) is 7.28. The largest absolute Gasteiger partial charge is 0.330 e. The lowest BCUT2D eigenvalue weighted by atomic mass is 10.7. The van der Waals surface area contributed by atoms with Gasteiger partial charge < -0.3 is 5.73 Å². The Hall–Kier alpha value is 0.140. The molecule has 0 heterocycles. The minimum absolute atomic E-state index is 0.360. The van der Waals surface area contributed by atoms with Crippen LogP contribution in [0.25, 0.3) is 0 Å². The number of nitrogens with two attached hydrogens (primary N) is 1. The lowest BCUT2D eigenvalue weighted by Crippen LogP contribution is -2.12. The smallest absolute Gasteiger partial charge is 0.0587 e. The van der Waals surface area contributed by atoms with Gasteiger partial charge in [0.25, 0.3) is 0 Å². The zero-order valence-corrected chi connectivity index (χ0v) is 6.67. The Kier molecular flexibility index (Phi) is 5.04. The van der Waals surface area contributed by atoms with Crippen LogP contribution in [0.15, 0.2) is 11.6 Å². The van der Waals surface area contributed by atoms with Crippen LogP contribution in [0.4, 0.5) is 0 Å².